The fourth-order valence-corrected chi connectivity index (χ4v) is 5.26. The van der Waals surface area contributed by atoms with E-state index in [1.165, 1.54) is 18.4 Å². The van der Waals surface area contributed by atoms with Gasteiger partial charge in [-0.25, -0.2) is 9.79 Å². The molecule has 4 rings (SSSR count). The standard InChI is InChI=1S/C27H27BrN2O5S/c1-16(2)35-21-8-6-5-7-20(21)24-23(26(32)34-14-13-33-4)17(3)29-27-30(24)25(31)22(36-27)15-18-9-11-19(28)12-10-18/h5-12,15-16,24H,13-14H2,1-4H3/b22-15+/t24-/m1/s1. The van der Waals surface area contributed by atoms with E-state index in [0.29, 0.717) is 31.9 Å². The maximum absolute atomic E-state index is 13.8. The first-order valence-corrected chi connectivity index (χ1v) is 13.1. The monoisotopic (exact) mass is 570 g/mol. The van der Waals surface area contributed by atoms with Crippen molar-refractivity contribution in [3.8, 4) is 5.75 Å². The maximum Gasteiger partial charge on any atom is 0.338 e. The van der Waals surface area contributed by atoms with Crippen LogP contribution in [-0.2, 0) is 14.3 Å². The Bertz CT molecular complexity index is 1470. The molecular weight excluding hydrogens is 544 g/mol. The number of fused-ring (bicyclic) bond motifs is 1. The molecule has 36 heavy (non-hydrogen) atoms. The van der Waals surface area contributed by atoms with Crippen molar-refractivity contribution in [3.05, 3.63) is 95.1 Å². The minimum atomic E-state index is -0.752. The Balaban J connectivity index is 1.92. The molecule has 3 aromatic rings. The zero-order valence-electron chi connectivity index (χ0n) is 20.5. The smallest absolute Gasteiger partial charge is 0.338 e. The number of halogens is 1. The van der Waals surface area contributed by atoms with Crippen molar-refractivity contribution in [1.82, 2.24) is 4.57 Å². The molecule has 0 spiro atoms. The summed E-state index contributed by atoms with van der Waals surface area (Å²) in [5.74, 6) is 0.0525. The first-order chi connectivity index (χ1) is 17.3. The summed E-state index contributed by atoms with van der Waals surface area (Å²) in [6, 6.07) is 14.4. The summed E-state index contributed by atoms with van der Waals surface area (Å²) in [6.07, 6.45) is 1.74. The number of rotatable bonds is 8. The van der Waals surface area contributed by atoms with Gasteiger partial charge >= 0.3 is 5.97 Å². The Hall–Kier alpha value is -3.01. The van der Waals surface area contributed by atoms with E-state index in [9.17, 15) is 9.59 Å². The molecule has 188 valence electrons. The van der Waals surface area contributed by atoms with E-state index in [4.69, 9.17) is 14.2 Å². The summed E-state index contributed by atoms with van der Waals surface area (Å²) in [7, 11) is 1.54. The van der Waals surface area contributed by atoms with Gasteiger partial charge in [0.1, 0.15) is 18.4 Å². The minimum Gasteiger partial charge on any atom is -0.491 e. The number of hydrogen-bond donors (Lipinski definition) is 0. The highest BCUT2D eigenvalue weighted by atomic mass is 79.9. The van der Waals surface area contributed by atoms with Crippen molar-refractivity contribution < 1.29 is 19.0 Å². The molecule has 0 radical (unpaired) electrons. The molecule has 0 saturated carbocycles. The van der Waals surface area contributed by atoms with Gasteiger partial charge in [-0.1, -0.05) is 57.6 Å². The molecule has 1 aliphatic rings. The zero-order valence-corrected chi connectivity index (χ0v) is 22.9. The molecule has 0 aliphatic carbocycles. The van der Waals surface area contributed by atoms with Gasteiger partial charge in [-0.3, -0.25) is 9.36 Å². The van der Waals surface area contributed by atoms with E-state index >= 15 is 0 Å². The van der Waals surface area contributed by atoms with Crippen molar-refractivity contribution in [2.75, 3.05) is 20.3 Å². The number of carbonyl (C=O) groups is 1. The first-order valence-electron chi connectivity index (χ1n) is 11.5. The van der Waals surface area contributed by atoms with Crippen molar-refractivity contribution >= 4 is 39.3 Å². The largest absolute Gasteiger partial charge is 0.491 e. The summed E-state index contributed by atoms with van der Waals surface area (Å²) < 4.78 is 19.6. The molecule has 0 bridgehead atoms. The number of benzene rings is 2. The summed E-state index contributed by atoms with van der Waals surface area (Å²) in [6.45, 7) is 5.99. The van der Waals surface area contributed by atoms with Crippen molar-refractivity contribution in [1.29, 1.82) is 0 Å². The topological polar surface area (TPSA) is 79.1 Å². The first kappa shape index (κ1) is 26.1. The lowest BCUT2D eigenvalue weighted by Crippen LogP contribution is -2.40. The number of ether oxygens (including phenoxy) is 3. The molecule has 1 aromatic heterocycles. The molecular formula is C27H27BrN2O5S. The van der Waals surface area contributed by atoms with Gasteiger partial charge in [0.05, 0.1) is 28.5 Å². The van der Waals surface area contributed by atoms with Gasteiger partial charge in [0.25, 0.3) is 5.56 Å². The molecule has 2 aromatic carbocycles. The van der Waals surface area contributed by atoms with Crippen LogP contribution in [0, 0.1) is 0 Å². The normalized spacial score (nSPS) is 15.6. The van der Waals surface area contributed by atoms with Crippen LogP contribution in [0.1, 0.15) is 37.9 Å². The summed E-state index contributed by atoms with van der Waals surface area (Å²) in [5, 5.41) is 0. The average molecular weight is 571 g/mol. The van der Waals surface area contributed by atoms with Crippen molar-refractivity contribution in [2.45, 2.75) is 32.9 Å². The number of nitrogens with zero attached hydrogens (tertiary/aromatic N) is 2. The number of methoxy groups -OCH3 is 1. The number of esters is 1. The van der Waals surface area contributed by atoms with Crippen LogP contribution in [0.5, 0.6) is 5.75 Å². The fraction of sp³-hybridized carbons (Fsp3) is 0.296. The van der Waals surface area contributed by atoms with Gasteiger partial charge < -0.3 is 14.2 Å². The highest BCUT2D eigenvalue weighted by Gasteiger charge is 2.35. The van der Waals surface area contributed by atoms with Crippen LogP contribution in [0.15, 0.2) is 74.1 Å². The summed E-state index contributed by atoms with van der Waals surface area (Å²) >= 11 is 4.72. The van der Waals surface area contributed by atoms with Crippen molar-refractivity contribution in [2.24, 2.45) is 4.99 Å². The molecule has 2 heterocycles. The minimum absolute atomic E-state index is 0.0942. The van der Waals surface area contributed by atoms with Crippen LogP contribution >= 0.6 is 27.3 Å². The molecule has 1 atom stereocenters. The molecule has 1 aliphatic heterocycles. The summed E-state index contributed by atoms with van der Waals surface area (Å²) in [4.78, 5) is 32.2. The summed E-state index contributed by atoms with van der Waals surface area (Å²) in [5.41, 5.74) is 2.14. The second-order valence-corrected chi connectivity index (χ2v) is 10.4. The van der Waals surface area contributed by atoms with E-state index in [-0.39, 0.29) is 24.9 Å². The second kappa shape index (κ2) is 11.4. The third-order valence-corrected chi connectivity index (χ3v) is 7.02. The van der Waals surface area contributed by atoms with E-state index in [1.54, 1.807) is 11.5 Å². The van der Waals surface area contributed by atoms with Crippen LogP contribution in [0.25, 0.3) is 6.08 Å². The van der Waals surface area contributed by atoms with E-state index in [0.717, 1.165) is 10.0 Å². The van der Waals surface area contributed by atoms with Gasteiger partial charge in [-0.2, -0.15) is 0 Å². The predicted molar refractivity (Wildman–Crippen MR) is 143 cm³/mol. The highest BCUT2D eigenvalue weighted by Crippen LogP contribution is 2.36. The van der Waals surface area contributed by atoms with Crippen molar-refractivity contribution in [3.63, 3.8) is 0 Å². The van der Waals surface area contributed by atoms with E-state index in [2.05, 4.69) is 20.9 Å². The Morgan fingerprint density at radius 2 is 1.89 bits per heavy atom. The lowest BCUT2D eigenvalue weighted by molar-refractivity contribution is -0.140. The quantitative estimate of drug-likeness (QED) is 0.302. The maximum atomic E-state index is 13.8. The Morgan fingerprint density at radius 1 is 1.17 bits per heavy atom. The number of allylic oxidation sites excluding steroid dienone is 1. The Morgan fingerprint density at radius 3 is 2.58 bits per heavy atom. The van der Waals surface area contributed by atoms with Gasteiger partial charge in [0.2, 0.25) is 0 Å². The predicted octanol–water partition coefficient (Wildman–Crippen LogP) is 3.97. The zero-order chi connectivity index (χ0) is 25.8. The Labute approximate surface area is 221 Å². The van der Waals surface area contributed by atoms with Gasteiger partial charge in [-0.15, -0.1) is 0 Å². The molecule has 0 saturated heterocycles. The fourth-order valence-electron chi connectivity index (χ4n) is 3.95. The molecule has 0 amide bonds. The van der Waals surface area contributed by atoms with Gasteiger partial charge in [-0.05, 0) is 50.6 Å². The van der Waals surface area contributed by atoms with Crippen LogP contribution < -0.4 is 19.6 Å². The second-order valence-electron chi connectivity index (χ2n) is 8.47. The SMILES string of the molecule is COCCOC(=O)C1=C(C)N=c2s/c(=C/c3ccc(Br)cc3)c(=O)n2[C@@H]1c1ccccc1OC(C)C. The third-order valence-electron chi connectivity index (χ3n) is 5.51. The van der Waals surface area contributed by atoms with Crippen LogP contribution in [0.3, 0.4) is 0 Å². The average Bonchev–Trinajstić information content (AvgIpc) is 3.14. The highest BCUT2D eigenvalue weighted by molar-refractivity contribution is 9.10. The Kier molecular flexibility index (Phi) is 8.23. The molecule has 0 fully saturated rings. The van der Waals surface area contributed by atoms with E-state index in [1.807, 2.05) is 68.5 Å². The van der Waals surface area contributed by atoms with Crippen LogP contribution in [0.4, 0.5) is 0 Å². The number of hydrogen-bond acceptors (Lipinski definition) is 7. The number of para-hydroxylation sites is 1. The molecule has 7 nitrogen and oxygen atoms in total. The lowest BCUT2D eigenvalue weighted by Gasteiger charge is -2.27. The molecule has 9 heteroatoms. The number of thiazole rings is 1. The number of carbonyl (C=O) groups excluding carboxylic acids is 1. The van der Waals surface area contributed by atoms with Crippen LogP contribution in [-0.4, -0.2) is 37.0 Å². The van der Waals surface area contributed by atoms with Gasteiger partial charge in [0.15, 0.2) is 4.80 Å². The molecule has 0 unspecified atom stereocenters. The number of aromatic nitrogens is 1. The van der Waals surface area contributed by atoms with Gasteiger partial charge in [0, 0.05) is 17.1 Å². The lowest BCUT2D eigenvalue weighted by atomic mass is 9.95. The third kappa shape index (κ3) is 5.53. The van der Waals surface area contributed by atoms with Crippen LogP contribution in [0.2, 0.25) is 0 Å². The van der Waals surface area contributed by atoms with E-state index < -0.39 is 12.0 Å². The molecule has 0 N–H and O–H groups in total.